The molecule has 190 valence electrons. The van der Waals surface area contributed by atoms with Crippen LogP contribution in [0.3, 0.4) is 0 Å². The molecule has 8 heteroatoms. The predicted molar refractivity (Wildman–Crippen MR) is 140 cm³/mol. The minimum atomic E-state index is -0.565. The Morgan fingerprint density at radius 3 is 2.49 bits per heavy atom. The van der Waals surface area contributed by atoms with Gasteiger partial charge < -0.3 is 14.6 Å². The van der Waals surface area contributed by atoms with Crippen LogP contribution in [0.2, 0.25) is 0 Å². The van der Waals surface area contributed by atoms with Gasteiger partial charge in [-0.2, -0.15) is 5.26 Å². The highest BCUT2D eigenvalue weighted by Crippen LogP contribution is 2.40. The molecule has 37 heavy (non-hydrogen) atoms. The minimum absolute atomic E-state index is 0.205. The largest absolute Gasteiger partial charge is 0.379 e. The van der Waals surface area contributed by atoms with E-state index in [1.165, 1.54) is 18.4 Å². The fraction of sp³-hybridized carbons (Fsp3) is 0.448. The summed E-state index contributed by atoms with van der Waals surface area (Å²) in [5, 5.41) is 13.0. The monoisotopic (exact) mass is 496 g/mol. The first kappa shape index (κ1) is 23.8. The number of pyridine rings is 2. The fourth-order valence-electron chi connectivity index (χ4n) is 5.66. The lowest BCUT2D eigenvalue weighted by atomic mass is 9.71. The number of hydrogen-bond acceptors (Lipinski definition) is 6. The molecule has 0 bridgehead atoms. The third-order valence-corrected chi connectivity index (χ3v) is 8.14. The highest BCUT2D eigenvalue weighted by molar-refractivity contribution is 6.04. The minimum Gasteiger partial charge on any atom is -0.379 e. The lowest BCUT2D eigenvalue weighted by Crippen LogP contribution is -2.47. The number of carbonyl (C=O) groups is 1. The van der Waals surface area contributed by atoms with E-state index in [4.69, 9.17) is 4.74 Å². The molecule has 1 amide bonds. The van der Waals surface area contributed by atoms with Crippen molar-refractivity contribution in [3.8, 4) is 11.9 Å². The van der Waals surface area contributed by atoms with Gasteiger partial charge in [-0.05, 0) is 74.3 Å². The quantitative estimate of drug-likeness (QED) is 0.542. The second-order valence-corrected chi connectivity index (χ2v) is 10.5. The number of nitrogens with one attached hydrogen (secondary N) is 1. The van der Waals surface area contributed by atoms with E-state index in [0.29, 0.717) is 23.2 Å². The summed E-state index contributed by atoms with van der Waals surface area (Å²) in [6, 6.07) is 12.7. The molecule has 1 saturated heterocycles. The van der Waals surface area contributed by atoms with Gasteiger partial charge in [-0.15, -0.1) is 0 Å². The average Bonchev–Trinajstić information content (AvgIpc) is 3.70. The number of aromatic nitrogens is 3. The number of carbonyl (C=O) groups excluding carboxylic acids is 1. The van der Waals surface area contributed by atoms with Gasteiger partial charge in [-0.3, -0.25) is 14.7 Å². The van der Waals surface area contributed by atoms with Crippen molar-refractivity contribution in [2.24, 2.45) is 0 Å². The Bertz CT molecular complexity index is 1280. The molecule has 0 spiro atoms. The Labute approximate surface area is 217 Å². The van der Waals surface area contributed by atoms with Crippen LogP contribution in [0.15, 0.2) is 55.1 Å². The van der Waals surface area contributed by atoms with Crippen molar-refractivity contribution in [2.45, 2.75) is 55.9 Å². The third-order valence-electron chi connectivity index (χ3n) is 8.14. The molecule has 0 aromatic carbocycles. The Hall–Kier alpha value is -3.54. The highest BCUT2D eigenvalue weighted by Gasteiger charge is 2.40. The Morgan fingerprint density at radius 2 is 1.84 bits per heavy atom. The Balaban J connectivity index is 1.08. The summed E-state index contributed by atoms with van der Waals surface area (Å²) in [4.78, 5) is 24.5. The molecule has 3 aromatic heterocycles. The van der Waals surface area contributed by atoms with Crippen LogP contribution in [0.5, 0.6) is 0 Å². The molecule has 1 N–H and O–H groups in total. The summed E-state index contributed by atoms with van der Waals surface area (Å²) in [6.45, 7) is 3.54. The Morgan fingerprint density at radius 1 is 1.03 bits per heavy atom. The summed E-state index contributed by atoms with van der Waals surface area (Å²) in [5.74, 6) is 1.25. The normalized spacial score (nSPS) is 24.4. The van der Waals surface area contributed by atoms with E-state index in [2.05, 4.69) is 32.3 Å². The van der Waals surface area contributed by atoms with Gasteiger partial charge in [0.1, 0.15) is 5.82 Å². The standard InChI is InChI=1S/C29H32N6O2/c30-20-29(10-7-25(8-11-29)34-13-15-37-16-14-34)26-5-4-24(18-31-26)33-28(36)23-9-12-35(19-23)27-6-3-22(17-32-27)21-1-2-21/h3-6,9,12,17-19,21,25H,1-2,7-8,10-11,13-16H2,(H,33,36). The molecule has 4 heterocycles. The summed E-state index contributed by atoms with van der Waals surface area (Å²) >= 11 is 0. The van der Waals surface area contributed by atoms with Crippen LogP contribution in [0, 0.1) is 11.3 Å². The number of rotatable bonds is 6. The molecular formula is C29H32N6O2. The van der Waals surface area contributed by atoms with Crippen molar-refractivity contribution in [1.29, 1.82) is 5.26 Å². The highest BCUT2D eigenvalue weighted by atomic mass is 16.5. The van der Waals surface area contributed by atoms with E-state index in [9.17, 15) is 10.1 Å². The molecule has 0 atom stereocenters. The smallest absolute Gasteiger partial charge is 0.257 e. The van der Waals surface area contributed by atoms with Crippen molar-refractivity contribution in [2.75, 3.05) is 31.6 Å². The Kier molecular flexibility index (Phi) is 6.49. The van der Waals surface area contributed by atoms with Crippen molar-refractivity contribution < 1.29 is 9.53 Å². The number of morpholine rings is 1. The summed E-state index contributed by atoms with van der Waals surface area (Å²) in [5.41, 5.74) is 2.67. The maximum absolute atomic E-state index is 12.9. The van der Waals surface area contributed by atoms with Gasteiger partial charge in [-0.1, -0.05) is 6.07 Å². The van der Waals surface area contributed by atoms with Crippen LogP contribution < -0.4 is 5.32 Å². The lowest BCUT2D eigenvalue weighted by molar-refractivity contribution is 0.00493. The predicted octanol–water partition coefficient (Wildman–Crippen LogP) is 4.43. The molecule has 3 aromatic rings. The SMILES string of the molecule is N#CC1(c2ccc(NC(=O)c3ccn(-c4ccc(C5CC5)cn4)c3)cn2)CCC(N2CCOCC2)CC1. The first-order chi connectivity index (χ1) is 18.1. The molecule has 0 unspecified atom stereocenters. The van der Waals surface area contributed by atoms with Crippen LogP contribution in [0.4, 0.5) is 5.69 Å². The maximum Gasteiger partial charge on any atom is 0.257 e. The maximum atomic E-state index is 12.9. The molecule has 1 aliphatic heterocycles. The second kappa shape index (κ2) is 10.1. The first-order valence-corrected chi connectivity index (χ1v) is 13.3. The molecule has 2 aliphatic carbocycles. The second-order valence-electron chi connectivity index (χ2n) is 10.5. The molecule has 0 radical (unpaired) electrons. The molecule has 6 rings (SSSR count). The molecule has 3 fully saturated rings. The van der Waals surface area contributed by atoms with Gasteiger partial charge in [-0.25, -0.2) is 4.98 Å². The van der Waals surface area contributed by atoms with E-state index in [0.717, 1.165) is 63.5 Å². The molecule has 2 saturated carbocycles. The van der Waals surface area contributed by atoms with E-state index in [1.807, 2.05) is 35.2 Å². The van der Waals surface area contributed by atoms with Gasteiger partial charge in [0.15, 0.2) is 0 Å². The van der Waals surface area contributed by atoms with Gasteiger partial charge in [0.2, 0.25) is 0 Å². The van der Waals surface area contributed by atoms with Crippen LogP contribution in [-0.4, -0.2) is 57.7 Å². The van der Waals surface area contributed by atoms with Crippen LogP contribution in [0.1, 0.15) is 66.1 Å². The fourth-order valence-corrected chi connectivity index (χ4v) is 5.66. The third kappa shape index (κ3) is 5.02. The zero-order valence-electron chi connectivity index (χ0n) is 21.0. The number of ether oxygens (including phenoxy) is 1. The number of nitrogens with zero attached hydrogens (tertiary/aromatic N) is 5. The van der Waals surface area contributed by atoms with Crippen LogP contribution in [-0.2, 0) is 10.2 Å². The van der Waals surface area contributed by atoms with Crippen molar-refractivity contribution in [3.63, 3.8) is 0 Å². The summed E-state index contributed by atoms with van der Waals surface area (Å²) in [7, 11) is 0. The zero-order valence-corrected chi connectivity index (χ0v) is 21.0. The first-order valence-electron chi connectivity index (χ1n) is 13.3. The summed E-state index contributed by atoms with van der Waals surface area (Å²) in [6.07, 6.45) is 13.3. The van der Waals surface area contributed by atoms with Gasteiger partial charge in [0, 0.05) is 37.7 Å². The van der Waals surface area contributed by atoms with Gasteiger partial charge in [0.25, 0.3) is 5.91 Å². The average molecular weight is 497 g/mol. The number of anilines is 1. The van der Waals surface area contributed by atoms with Gasteiger partial charge in [0.05, 0.1) is 47.8 Å². The molecule has 8 nitrogen and oxygen atoms in total. The number of hydrogen-bond donors (Lipinski definition) is 1. The van der Waals surface area contributed by atoms with E-state index in [-0.39, 0.29) is 5.91 Å². The van der Waals surface area contributed by atoms with Crippen molar-refractivity contribution in [3.05, 3.63) is 71.9 Å². The van der Waals surface area contributed by atoms with Crippen molar-refractivity contribution in [1.82, 2.24) is 19.4 Å². The van der Waals surface area contributed by atoms with E-state index >= 15 is 0 Å². The number of amides is 1. The summed E-state index contributed by atoms with van der Waals surface area (Å²) < 4.78 is 7.34. The van der Waals surface area contributed by atoms with Crippen LogP contribution >= 0.6 is 0 Å². The van der Waals surface area contributed by atoms with E-state index in [1.54, 1.807) is 18.5 Å². The zero-order chi connectivity index (χ0) is 25.2. The van der Waals surface area contributed by atoms with Crippen LogP contribution in [0.25, 0.3) is 5.82 Å². The number of nitriles is 1. The van der Waals surface area contributed by atoms with Crippen molar-refractivity contribution >= 4 is 11.6 Å². The van der Waals surface area contributed by atoms with E-state index < -0.39 is 5.41 Å². The topological polar surface area (TPSA) is 96.1 Å². The lowest BCUT2D eigenvalue weighted by Gasteiger charge is -2.41. The molecule has 3 aliphatic rings. The molecular weight excluding hydrogens is 464 g/mol. The van der Waals surface area contributed by atoms with Gasteiger partial charge >= 0.3 is 0 Å².